The topological polar surface area (TPSA) is 265 Å². The second-order valence-electron chi connectivity index (χ2n) is 8.56. The Kier molecular flexibility index (Phi) is 9.35. The summed E-state index contributed by atoms with van der Waals surface area (Å²) in [5, 5.41) is 99.7. The predicted octanol–water partition coefficient (Wildman–Crippen LogP) is -7.02. The molecule has 3 aliphatic rings. The molecule has 2 saturated heterocycles. The van der Waals surface area contributed by atoms with Crippen LogP contribution in [0.3, 0.4) is 0 Å². The molecule has 3 rings (SSSR count). The monoisotopic (exact) mass is 499 g/mol. The number of rotatable bonds is 7. The minimum Gasteiger partial charge on any atom is -0.394 e. The van der Waals surface area contributed by atoms with Crippen molar-refractivity contribution in [3.05, 3.63) is 11.6 Å². The van der Waals surface area contributed by atoms with E-state index in [1.165, 1.54) is 6.08 Å². The lowest BCUT2D eigenvalue weighted by molar-refractivity contribution is -0.338. The SMILES string of the molecule is N[C@H]1C=C(CO)[C@@H](O[C@H]2O[C@H](CO[C@H]3O[C@H](CO)[C@@H](O)[C@H](O)[C@H]3O)[C@@H](O)[C@H](O)[C@H]2O)[C@H](O)[C@H]1O. The molecule has 0 aromatic rings. The van der Waals surface area contributed by atoms with Crippen molar-refractivity contribution in [3.63, 3.8) is 0 Å². The first-order valence-corrected chi connectivity index (χ1v) is 10.7. The molecular formula is C19H33NO14. The highest BCUT2D eigenvalue weighted by atomic mass is 16.7. The van der Waals surface area contributed by atoms with Crippen molar-refractivity contribution in [2.24, 2.45) is 5.73 Å². The van der Waals surface area contributed by atoms with Crippen LogP contribution in [0.1, 0.15) is 0 Å². The minimum atomic E-state index is -1.81. The highest BCUT2D eigenvalue weighted by Crippen LogP contribution is 2.29. The van der Waals surface area contributed by atoms with Gasteiger partial charge in [0.15, 0.2) is 12.6 Å². The Morgan fingerprint density at radius 1 is 0.706 bits per heavy atom. The number of ether oxygens (including phenoxy) is 4. The summed E-state index contributed by atoms with van der Waals surface area (Å²) in [6, 6.07) is -0.985. The molecule has 15 nitrogen and oxygen atoms in total. The molecular weight excluding hydrogens is 466 g/mol. The minimum absolute atomic E-state index is 0.0934. The molecule has 2 heterocycles. The Morgan fingerprint density at radius 3 is 1.85 bits per heavy atom. The van der Waals surface area contributed by atoms with Crippen LogP contribution < -0.4 is 5.73 Å². The molecule has 34 heavy (non-hydrogen) atoms. The van der Waals surface area contributed by atoms with Crippen LogP contribution in [0.4, 0.5) is 0 Å². The van der Waals surface area contributed by atoms with E-state index in [0.29, 0.717) is 0 Å². The van der Waals surface area contributed by atoms with Gasteiger partial charge in [-0.15, -0.1) is 0 Å². The van der Waals surface area contributed by atoms with E-state index < -0.39 is 106 Å². The molecule has 0 radical (unpaired) electrons. The number of hydrogen-bond acceptors (Lipinski definition) is 15. The standard InChI is InChI=1S/C19H33NO14/c20-6-1-5(2-21)17(14(28)9(6)23)34-19-16(30)13(27)11(25)8(33-19)4-31-18-15(29)12(26)10(24)7(3-22)32-18/h1,6-19,21-30H,2-4,20H2/t6-,7+,8+,9-,10+,11+,12-,13-,14+,15+,16+,17+,18-,19+/m0/s1. The lowest BCUT2D eigenvalue weighted by Gasteiger charge is -2.44. The molecule has 2 fully saturated rings. The van der Waals surface area contributed by atoms with Crippen molar-refractivity contribution >= 4 is 0 Å². The van der Waals surface area contributed by atoms with Gasteiger partial charge in [0.05, 0.1) is 25.9 Å². The summed E-state index contributed by atoms with van der Waals surface area (Å²) >= 11 is 0. The van der Waals surface area contributed by atoms with E-state index in [9.17, 15) is 51.1 Å². The van der Waals surface area contributed by atoms with E-state index in [-0.39, 0.29) is 5.57 Å². The molecule has 0 bridgehead atoms. The van der Waals surface area contributed by atoms with Crippen LogP contribution in [0.25, 0.3) is 0 Å². The molecule has 15 heteroatoms. The summed E-state index contributed by atoms with van der Waals surface area (Å²) in [5.41, 5.74) is 5.77. The second-order valence-corrected chi connectivity index (χ2v) is 8.56. The Morgan fingerprint density at radius 2 is 1.26 bits per heavy atom. The number of nitrogens with two attached hydrogens (primary N) is 1. The van der Waals surface area contributed by atoms with Crippen molar-refractivity contribution in [1.29, 1.82) is 0 Å². The Hall–Kier alpha value is -0.860. The quantitative estimate of drug-likeness (QED) is 0.145. The summed E-state index contributed by atoms with van der Waals surface area (Å²) < 4.78 is 21.5. The van der Waals surface area contributed by atoms with Gasteiger partial charge in [0.25, 0.3) is 0 Å². The maximum atomic E-state index is 10.3. The maximum Gasteiger partial charge on any atom is 0.187 e. The van der Waals surface area contributed by atoms with Gasteiger partial charge in [0.2, 0.25) is 0 Å². The highest BCUT2D eigenvalue weighted by molar-refractivity contribution is 5.21. The first-order chi connectivity index (χ1) is 16.0. The predicted molar refractivity (Wildman–Crippen MR) is 106 cm³/mol. The number of aliphatic hydroxyl groups excluding tert-OH is 10. The van der Waals surface area contributed by atoms with Gasteiger partial charge < -0.3 is 75.7 Å². The zero-order valence-corrected chi connectivity index (χ0v) is 18.0. The molecule has 1 aliphatic carbocycles. The number of aliphatic hydroxyl groups is 10. The average molecular weight is 499 g/mol. The zero-order valence-electron chi connectivity index (χ0n) is 18.0. The van der Waals surface area contributed by atoms with Gasteiger partial charge >= 0.3 is 0 Å². The third kappa shape index (κ3) is 5.44. The van der Waals surface area contributed by atoms with Gasteiger partial charge in [-0.25, -0.2) is 0 Å². The van der Waals surface area contributed by atoms with Crippen LogP contribution in [-0.2, 0) is 18.9 Å². The smallest absolute Gasteiger partial charge is 0.187 e. The largest absolute Gasteiger partial charge is 0.394 e. The van der Waals surface area contributed by atoms with E-state index in [4.69, 9.17) is 24.7 Å². The van der Waals surface area contributed by atoms with Crippen LogP contribution >= 0.6 is 0 Å². The molecule has 0 aromatic carbocycles. The molecule has 0 saturated carbocycles. The van der Waals surface area contributed by atoms with Crippen molar-refractivity contribution in [2.45, 2.75) is 85.8 Å². The Bertz CT molecular complexity index is 696. The Labute approximate surface area is 193 Å². The van der Waals surface area contributed by atoms with Crippen LogP contribution in [-0.4, -0.2) is 157 Å². The van der Waals surface area contributed by atoms with Crippen LogP contribution in [0, 0.1) is 0 Å². The Balaban J connectivity index is 1.68. The van der Waals surface area contributed by atoms with Crippen LogP contribution in [0.15, 0.2) is 11.6 Å². The fourth-order valence-corrected chi connectivity index (χ4v) is 4.08. The molecule has 12 N–H and O–H groups in total. The van der Waals surface area contributed by atoms with Crippen molar-refractivity contribution in [3.8, 4) is 0 Å². The van der Waals surface area contributed by atoms with E-state index >= 15 is 0 Å². The van der Waals surface area contributed by atoms with Gasteiger partial charge in [-0.3, -0.25) is 0 Å². The van der Waals surface area contributed by atoms with Gasteiger partial charge in [0.1, 0.15) is 67.1 Å². The summed E-state index contributed by atoms with van der Waals surface area (Å²) in [6.45, 7) is -1.86. The maximum absolute atomic E-state index is 10.3. The van der Waals surface area contributed by atoms with Gasteiger partial charge in [0, 0.05) is 0 Å². The van der Waals surface area contributed by atoms with Crippen LogP contribution in [0.2, 0.25) is 0 Å². The molecule has 2 aliphatic heterocycles. The van der Waals surface area contributed by atoms with Gasteiger partial charge in [-0.2, -0.15) is 0 Å². The van der Waals surface area contributed by atoms with Crippen molar-refractivity contribution < 1.29 is 70.0 Å². The third-order valence-corrected chi connectivity index (χ3v) is 6.23. The summed E-state index contributed by atoms with van der Waals surface area (Å²) in [4.78, 5) is 0. The first-order valence-electron chi connectivity index (χ1n) is 10.7. The van der Waals surface area contributed by atoms with Crippen molar-refractivity contribution in [1.82, 2.24) is 0 Å². The van der Waals surface area contributed by atoms with Crippen LogP contribution in [0.5, 0.6) is 0 Å². The lowest BCUT2D eigenvalue weighted by atomic mass is 9.88. The fraction of sp³-hybridized carbons (Fsp3) is 0.895. The zero-order chi connectivity index (χ0) is 25.3. The number of hydrogen-bond donors (Lipinski definition) is 11. The molecule has 0 spiro atoms. The lowest BCUT2D eigenvalue weighted by Crippen LogP contribution is -2.63. The molecule has 0 aromatic heterocycles. The van der Waals surface area contributed by atoms with E-state index in [0.717, 1.165) is 0 Å². The average Bonchev–Trinajstić information content (AvgIpc) is 2.82. The molecule has 0 amide bonds. The normalized spacial score (nSPS) is 50.1. The van der Waals surface area contributed by atoms with E-state index in [2.05, 4.69) is 0 Å². The highest BCUT2D eigenvalue weighted by Gasteiger charge is 2.49. The summed E-state index contributed by atoms with van der Waals surface area (Å²) in [7, 11) is 0. The molecule has 198 valence electrons. The van der Waals surface area contributed by atoms with E-state index in [1.807, 2.05) is 0 Å². The molecule has 14 atom stereocenters. The third-order valence-electron chi connectivity index (χ3n) is 6.23. The summed E-state index contributed by atoms with van der Waals surface area (Å²) in [6.07, 6.45) is -19.3. The van der Waals surface area contributed by atoms with E-state index in [1.54, 1.807) is 0 Å². The fourth-order valence-electron chi connectivity index (χ4n) is 4.08. The second kappa shape index (κ2) is 11.5. The van der Waals surface area contributed by atoms with Crippen molar-refractivity contribution in [2.75, 3.05) is 19.8 Å². The first kappa shape index (κ1) is 27.7. The molecule has 0 unspecified atom stereocenters. The van der Waals surface area contributed by atoms with Gasteiger partial charge in [-0.1, -0.05) is 6.08 Å². The summed E-state index contributed by atoms with van der Waals surface area (Å²) in [5.74, 6) is 0. The van der Waals surface area contributed by atoms with Gasteiger partial charge in [-0.05, 0) is 5.57 Å².